The highest BCUT2D eigenvalue weighted by atomic mass is 35.5. The van der Waals surface area contributed by atoms with Crippen LogP contribution in [0.15, 0.2) is 18.2 Å². The lowest BCUT2D eigenvalue weighted by molar-refractivity contribution is -0.142. The SMILES string of the molecule is Cc1ccc(NC(=O)CN2CCC(C(=O)O)C2C)c(Cl)c1. The number of benzene rings is 1. The number of carboxylic acid groups (broad SMARTS) is 1. The lowest BCUT2D eigenvalue weighted by Crippen LogP contribution is -2.38. The molecule has 1 amide bonds. The molecule has 0 radical (unpaired) electrons. The van der Waals surface area contributed by atoms with Gasteiger partial charge in [-0.15, -0.1) is 0 Å². The van der Waals surface area contributed by atoms with Gasteiger partial charge >= 0.3 is 5.97 Å². The quantitative estimate of drug-likeness (QED) is 0.896. The van der Waals surface area contributed by atoms with Crippen molar-refractivity contribution in [1.82, 2.24) is 4.90 Å². The second kappa shape index (κ2) is 6.45. The van der Waals surface area contributed by atoms with Gasteiger partial charge in [0.2, 0.25) is 5.91 Å². The molecule has 1 saturated heterocycles. The number of carbonyl (C=O) groups is 2. The van der Waals surface area contributed by atoms with Crippen LogP contribution in [-0.2, 0) is 9.59 Å². The number of carboxylic acids is 1. The smallest absolute Gasteiger partial charge is 0.308 e. The molecule has 0 spiro atoms. The summed E-state index contributed by atoms with van der Waals surface area (Å²) >= 11 is 6.08. The monoisotopic (exact) mass is 310 g/mol. The van der Waals surface area contributed by atoms with Crippen molar-refractivity contribution in [3.63, 3.8) is 0 Å². The fourth-order valence-electron chi connectivity index (χ4n) is 2.65. The predicted octanol–water partition coefficient (Wildman–Crippen LogP) is 2.38. The molecule has 1 aliphatic heterocycles. The van der Waals surface area contributed by atoms with Crippen LogP contribution in [-0.4, -0.2) is 41.0 Å². The Bertz CT molecular complexity index is 562. The van der Waals surface area contributed by atoms with Crippen LogP contribution in [0.1, 0.15) is 18.9 Å². The maximum atomic E-state index is 12.1. The lowest BCUT2D eigenvalue weighted by Gasteiger charge is -2.22. The van der Waals surface area contributed by atoms with E-state index in [-0.39, 0.29) is 18.5 Å². The third-order valence-corrected chi connectivity index (χ3v) is 4.26. The third kappa shape index (κ3) is 3.74. The van der Waals surface area contributed by atoms with Gasteiger partial charge in [0.05, 0.1) is 23.2 Å². The Kier molecular flexibility index (Phi) is 4.85. The van der Waals surface area contributed by atoms with E-state index in [0.29, 0.717) is 23.7 Å². The van der Waals surface area contributed by atoms with Gasteiger partial charge < -0.3 is 10.4 Å². The maximum absolute atomic E-state index is 12.1. The van der Waals surface area contributed by atoms with Gasteiger partial charge in [-0.05, 0) is 44.5 Å². The average molecular weight is 311 g/mol. The molecule has 0 aliphatic carbocycles. The fourth-order valence-corrected chi connectivity index (χ4v) is 2.94. The van der Waals surface area contributed by atoms with Gasteiger partial charge in [0.1, 0.15) is 0 Å². The number of aryl methyl sites for hydroxylation is 1. The Balaban J connectivity index is 1.95. The second-order valence-corrected chi connectivity index (χ2v) is 5.88. The molecule has 0 saturated carbocycles. The van der Waals surface area contributed by atoms with E-state index in [1.807, 2.05) is 24.8 Å². The summed E-state index contributed by atoms with van der Waals surface area (Å²) in [6.07, 6.45) is 0.578. The standard InChI is InChI=1S/C15H19ClN2O3/c1-9-3-4-13(12(16)7-9)17-14(19)8-18-6-5-11(10(18)2)15(20)21/h3-4,7,10-11H,5-6,8H2,1-2H3,(H,17,19)(H,20,21). The van der Waals surface area contributed by atoms with Gasteiger partial charge in [0.15, 0.2) is 0 Å². The Morgan fingerprint density at radius 3 is 2.76 bits per heavy atom. The highest BCUT2D eigenvalue weighted by Gasteiger charge is 2.36. The van der Waals surface area contributed by atoms with Crippen molar-refractivity contribution in [2.75, 3.05) is 18.4 Å². The van der Waals surface area contributed by atoms with Gasteiger partial charge in [-0.1, -0.05) is 17.7 Å². The number of nitrogens with one attached hydrogen (secondary N) is 1. The maximum Gasteiger partial charge on any atom is 0.308 e. The molecular weight excluding hydrogens is 292 g/mol. The van der Waals surface area contributed by atoms with Crippen molar-refractivity contribution in [3.05, 3.63) is 28.8 Å². The Hall–Kier alpha value is -1.59. The van der Waals surface area contributed by atoms with Crippen molar-refractivity contribution in [1.29, 1.82) is 0 Å². The molecule has 1 aliphatic rings. The highest BCUT2D eigenvalue weighted by molar-refractivity contribution is 6.33. The molecule has 1 heterocycles. The number of hydrogen-bond donors (Lipinski definition) is 2. The Labute approximate surface area is 128 Å². The second-order valence-electron chi connectivity index (χ2n) is 5.48. The van der Waals surface area contributed by atoms with Gasteiger partial charge in [-0.25, -0.2) is 0 Å². The number of rotatable bonds is 4. The number of carbonyl (C=O) groups excluding carboxylic acids is 1. The molecular formula is C15H19ClN2O3. The molecule has 0 bridgehead atoms. The zero-order chi connectivity index (χ0) is 15.6. The molecule has 21 heavy (non-hydrogen) atoms. The first-order valence-electron chi connectivity index (χ1n) is 6.91. The molecule has 1 fully saturated rings. The summed E-state index contributed by atoms with van der Waals surface area (Å²) in [5.74, 6) is -1.38. The van der Waals surface area contributed by atoms with Crippen LogP contribution in [0.4, 0.5) is 5.69 Å². The van der Waals surface area contributed by atoms with Crippen molar-refractivity contribution >= 4 is 29.2 Å². The summed E-state index contributed by atoms with van der Waals surface area (Å²) in [4.78, 5) is 25.0. The molecule has 2 rings (SSSR count). The topological polar surface area (TPSA) is 69.6 Å². The van der Waals surface area contributed by atoms with Gasteiger partial charge in [-0.2, -0.15) is 0 Å². The highest BCUT2D eigenvalue weighted by Crippen LogP contribution is 2.25. The summed E-state index contributed by atoms with van der Waals surface area (Å²) in [6, 6.07) is 5.29. The number of hydrogen-bond acceptors (Lipinski definition) is 3. The minimum absolute atomic E-state index is 0.137. The van der Waals surface area contributed by atoms with Gasteiger partial charge in [0, 0.05) is 6.04 Å². The van der Waals surface area contributed by atoms with Crippen LogP contribution in [0.5, 0.6) is 0 Å². The van der Waals surface area contributed by atoms with Crippen LogP contribution in [0.25, 0.3) is 0 Å². The van der Waals surface area contributed by atoms with E-state index >= 15 is 0 Å². The molecule has 2 N–H and O–H groups in total. The van der Waals surface area contributed by atoms with E-state index in [4.69, 9.17) is 16.7 Å². The number of anilines is 1. The first kappa shape index (κ1) is 15.8. The Morgan fingerprint density at radius 2 is 2.19 bits per heavy atom. The lowest BCUT2D eigenvalue weighted by atomic mass is 10.0. The van der Waals surface area contributed by atoms with Crippen LogP contribution >= 0.6 is 11.6 Å². The molecule has 1 aromatic carbocycles. The van der Waals surface area contributed by atoms with E-state index in [9.17, 15) is 9.59 Å². The molecule has 0 aromatic heterocycles. The van der Waals surface area contributed by atoms with Gasteiger partial charge in [-0.3, -0.25) is 14.5 Å². The minimum atomic E-state index is -0.799. The number of likely N-dealkylation sites (tertiary alicyclic amines) is 1. The van der Waals surface area contributed by atoms with E-state index in [0.717, 1.165) is 5.56 Å². The van der Waals surface area contributed by atoms with Crippen molar-refractivity contribution in [2.45, 2.75) is 26.3 Å². The zero-order valence-corrected chi connectivity index (χ0v) is 12.9. The van der Waals surface area contributed by atoms with Crippen LogP contribution < -0.4 is 5.32 Å². The van der Waals surface area contributed by atoms with E-state index in [1.54, 1.807) is 12.1 Å². The summed E-state index contributed by atoms with van der Waals surface area (Å²) in [6.45, 7) is 4.57. The number of nitrogens with zero attached hydrogens (tertiary/aromatic N) is 1. The average Bonchev–Trinajstić information content (AvgIpc) is 2.74. The summed E-state index contributed by atoms with van der Waals surface area (Å²) in [7, 11) is 0. The molecule has 6 heteroatoms. The minimum Gasteiger partial charge on any atom is -0.481 e. The largest absolute Gasteiger partial charge is 0.481 e. The number of aliphatic carboxylic acids is 1. The fraction of sp³-hybridized carbons (Fsp3) is 0.467. The first-order valence-corrected chi connectivity index (χ1v) is 7.29. The van der Waals surface area contributed by atoms with E-state index < -0.39 is 11.9 Å². The summed E-state index contributed by atoms with van der Waals surface area (Å²) in [5, 5.41) is 12.4. The normalized spacial score (nSPS) is 22.2. The molecule has 5 nitrogen and oxygen atoms in total. The van der Waals surface area contributed by atoms with Crippen LogP contribution in [0, 0.1) is 12.8 Å². The molecule has 1 aromatic rings. The molecule has 2 unspecified atom stereocenters. The summed E-state index contributed by atoms with van der Waals surface area (Å²) in [5.41, 5.74) is 1.60. The number of halogens is 1. The predicted molar refractivity (Wildman–Crippen MR) is 81.6 cm³/mol. The van der Waals surface area contributed by atoms with Crippen molar-refractivity contribution < 1.29 is 14.7 Å². The van der Waals surface area contributed by atoms with Crippen LogP contribution in [0.3, 0.4) is 0 Å². The van der Waals surface area contributed by atoms with Crippen molar-refractivity contribution in [3.8, 4) is 0 Å². The number of amides is 1. The molecule has 2 atom stereocenters. The zero-order valence-electron chi connectivity index (χ0n) is 12.1. The van der Waals surface area contributed by atoms with E-state index in [2.05, 4.69) is 5.32 Å². The van der Waals surface area contributed by atoms with Gasteiger partial charge in [0.25, 0.3) is 0 Å². The Morgan fingerprint density at radius 1 is 1.48 bits per heavy atom. The van der Waals surface area contributed by atoms with E-state index in [1.165, 1.54) is 0 Å². The van der Waals surface area contributed by atoms with Crippen LogP contribution in [0.2, 0.25) is 5.02 Å². The first-order chi connectivity index (χ1) is 9.88. The third-order valence-electron chi connectivity index (χ3n) is 3.95. The van der Waals surface area contributed by atoms with Crippen molar-refractivity contribution in [2.24, 2.45) is 5.92 Å². The molecule has 114 valence electrons. The summed E-state index contributed by atoms with van der Waals surface area (Å²) < 4.78 is 0.